The minimum Gasteiger partial charge on any atom is -0.367 e. The fraction of sp³-hybridized carbons (Fsp3) is 0.529. The van der Waals surface area contributed by atoms with Gasteiger partial charge in [-0.15, -0.1) is 0 Å². The maximum Gasteiger partial charge on any atom is 0.223 e. The molecule has 0 unspecified atom stereocenters. The first kappa shape index (κ1) is 18.4. The Morgan fingerprint density at radius 1 is 1.25 bits per heavy atom. The molecule has 1 N–H and O–H groups in total. The van der Waals surface area contributed by atoms with Crippen LogP contribution >= 0.6 is 11.6 Å². The molecule has 0 atom stereocenters. The fourth-order valence-electron chi connectivity index (χ4n) is 2.70. The van der Waals surface area contributed by atoms with Crippen LogP contribution in [0.3, 0.4) is 0 Å². The van der Waals surface area contributed by atoms with E-state index in [1.165, 1.54) is 0 Å². The van der Waals surface area contributed by atoms with Crippen LogP contribution in [0.15, 0.2) is 29.3 Å². The van der Waals surface area contributed by atoms with Gasteiger partial charge in [0.2, 0.25) is 5.91 Å². The number of amides is 1. The number of hydrogen-bond acceptors (Lipinski definition) is 3. The Morgan fingerprint density at radius 3 is 2.50 bits per heavy atom. The lowest BCUT2D eigenvalue weighted by atomic mass is 10.2. The molecule has 24 heavy (non-hydrogen) atoms. The van der Waals surface area contributed by atoms with Crippen molar-refractivity contribution in [3.05, 3.63) is 29.3 Å². The zero-order valence-corrected chi connectivity index (χ0v) is 15.4. The van der Waals surface area contributed by atoms with Crippen molar-refractivity contribution in [3.8, 4) is 0 Å². The highest BCUT2D eigenvalue weighted by Crippen LogP contribution is 2.25. The van der Waals surface area contributed by atoms with Crippen LogP contribution in [0.25, 0.3) is 0 Å². The van der Waals surface area contributed by atoms with Crippen LogP contribution in [0.5, 0.6) is 0 Å². The molecule has 1 fully saturated rings. The first-order valence-corrected chi connectivity index (χ1v) is 8.56. The average Bonchev–Trinajstić information content (AvgIpc) is 2.59. The van der Waals surface area contributed by atoms with E-state index in [0.29, 0.717) is 13.0 Å². The van der Waals surface area contributed by atoms with Gasteiger partial charge in [0.25, 0.3) is 0 Å². The van der Waals surface area contributed by atoms with E-state index in [1.807, 2.05) is 18.2 Å². The second kappa shape index (κ2) is 8.78. The van der Waals surface area contributed by atoms with Crippen molar-refractivity contribution in [1.82, 2.24) is 15.1 Å². The molecule has 1 saturated heterocycles. The number of benzene rings is 1. The van der Waals surface area contributed by atoms with E-state index in [-0.39, 0.29) is 5.91 Å². The molecule has 1 heterocycles. The highest BCUT2D eigenvalue weighted by molar-refractivity contribution is 6.33. The molecule has 0 saturated carbocycles. The number of guanidine groups is 1. The van der Waals surface area contributed by atoms with Gasteiger partial charge in [-0.3, -0.25) is 9.79 Å². The lowest BCUT2D eigenvalue weighted by Crippen LogP contribution is -2.53. The maximum absolute atomic E-state index is 11.6. The van der Waals surface area contributed by atoms with Crippen molar-refractivity contribution in [2.45, 2.75) is 6.42 Å². The molecule has 1 aliphatic rings. The lowest BCUT2D eigenvalue weighted by Gasteiger charge is -2.38. The van der Waals surface area contributed by atoms with Crippen LogP contribution < -0.4 is 10.2 Å². The molecule has 1 aliphatic heterocycles. The van der Waals surface area contributed by atoms with Gasteiger partial charge in [0.1, 0.15) is 0 Å². The first-order valence-electron chi connectivity index (χ1n) is 8.18. The van der Waals surface area contributed by atoms with Crippen LogP contribution in [0, 0.1) is 0 Å². The van der Waals surface area contributed by atoms with Crippen molar-refractivity contribution in [1.29, 1.82) is 0 Å². The van der Waals surface area contributed by atoms with E-state index in [4.69, 9.17) is 11.6 Å². The Kier molecular flexibility index (Phi) is 6.73. The molecule has 0 spiro atoms. The quantitative estimate of drug-likeness (QED) is 0.660. The minimum atomic E-state index is 0.112. The van der Waals surface area contributed by atoms with E-state index < -0.39 is 0 Å². The number of halogens is 1. The molecule has 0 aromatic heterocycles. The summed E-state index contributed by atoms with van der Waals surface area (Å²) in [4.78, 5) is 22.1. The van der Waals surface area contributed by atoms with Crippen LogP contribution in [-0.4, -0.2) is 75.5 Å². The van der Waals surface area contributed by atoms with Gasteiger partial charge < -0.3 is 20.0 Å². The molecule has 0 bridgehead atoms. The second-order valence-corrected chi connectivity index (χ2v) is 6.34. The number of piperazine rings is 1. The molecular weight excluding hydrogens is 326 g/mol. The number of para-hydroxylation sites is 1. The Balaban J connectivity index is 1.84. The van der Waals surface area contributed by atoms with Crippen LogP contribution in [0.4, 0.5) is 5.69 Å². The molecule has 6 nitrogen and oxygen atoms in total. The largest absolute Gasteiger partial charge is 0.367 e. The maximum atomic E-state index is 11.6. The van der Waals surface area contributed by atoms with E-state index in [9.17, 15) is 4.79 Å². The third-order valence-corrected chi connectivity index (χ3v) is 4.42. The summed E-state index contributed by atoms with van der Waals surface area (Å²) in [5.74, 6) is 0.960. The van der Waals surface area contributed by atoms with E-state index in [1.54, 1.807) is 26.0 Å². The average molecular weight is 352 g/mol. The SMILES string of the molecule is CN=C(NCCC(=O)N(C)C)N1CCN(c2ccccc2Cl)CC1. The summed E-state index contributed by atoms with van der Waals surface area (Å²) in [5.41, 5.74) is 1.08. The van der Waals surface area contributed by atoms with Crippen molar-refractivity contribution in [2.24, 2.45) is 4.99 Å². The number of anilines is 1. The zero-order chi connectivity index (χ0) is 17.5. The van der Waals surface area contributed by atoms with Gasteiger partial charge in [0.05, 0.1) is 10.7 Å². The number of aliphatic imine (C=N–C) groups is 1. The summed E-state index contributed by atoms with van der Waals surface area (Å²) in [6.45, 7) is 4.11. The minimum absolute atomic E-state index is 0.112. The van der Waals surface area contributed by atoms with Gasteiger partial charge in [-0.1, -0.05) is 23.7 Å². The van der Waals surface area contributed by atoms with Crippen molar-refractivity contribution < 1.29 is 4.79 Å². The van der Waals surface area contributed by atoms with Gasteiger partial charge in [-0.25, -0.2) is 0 Å². The number of nitrogens with one attached hydrogen (secondary N) is 1. The van der Waals surface area contributed by atoms with E-state index in [2.05, 4.69) is 26.2 Å². The Labute approximate surface area is 149 Å². The van der Waals surface area contributed by atoms with Crippen molar-refractivity contribution in [3.63, 3.8) is 0 Å². The van der Waals surface area contributed by atoms with Crippen molar-refractivity contribution >= 4 is 29.2 Å². The second-order valence-electron chi connectivity index (χ2n) is 5.94. The number of carbonyl (C=O) groups is 1. The highest BCUT2D eigenvalue weighted by Gasteiger charge is 2.21. The molecule has 1 aromatic rings. The predicted molar refractivity (Wildman–Crippen MR) is 99.9 cm³/mol. The van der Waals surface area contributed by atoms with Crippen LogP contribution in [0.1, 0.15) is 6.42 Å². The molecule has 1 amide bonds. The highest BCUT2D eigenvalue weighted by atomic mass is 35.5. The molecule has 1 aromatic carbocycles. The Hall–Kier alpha value is -1.95. The molecule has 2 rings (SSSR count). The van der Waals surface area contributed by atoms with Crippen molar-refractivity contribution in [2.75, 3.05) is 58.8 Å². The molecule has 7 heteroatoms. The van der Waals surface area contributed by atoms with Gasteiger partial charge in [-0.2, -0.15) is 0 Å². The number of hydrogen-bond donors (Lipinski definition) is 1. The third kappa shape index (κ3) is 4.77. The number of nitrogens with zero attached hydrogens (tertiary/aromatic N) is 4. The zero-order valence-electron chi connectivity index (χ0n) is 14.6. The summed E-state index contributed by atoms with van der Waals surface area (Å²) in [6, 6.07) is 7.93. The molecular formula is C17H26ClN5O. The summed E-state index contributed by atoms with van der Waals surface area (Å²) in [6.07, 6.45) is 0.464. The van der Waals surface area contributed by atoms with Gasteiger partial charge in [0.15, 0.2) is 5.96 Å². The predicted octanol–water partition coefficient (Wildman–Crippen LogP) is 1.52. The third-order valence-electron chi connectivity index (χ3n) is 4.10. The smallest absolute Gasteiger partial charge is 0.223 e. The van der Waals surface area contributed by atoms with E-state index >= 15 is 0 Å². The summed E-state index contributed by atoms with van der Waals surface area (Å²) < 4.78 is 0. The summed E-state index contributed by atoms with van der Waals surface area (Å²) in [7, 11) is 5.31. The Morgan fingerprint density at radius 2 is 1.92 bits per heavy atom. The standard InChI is InChI=1S/C17H26ClN5O/c1-19-17(20-9-8-16(24)21(2)3)23-12-10-22(11-13-23)15-7-5-4-6-14(15)18/h4-7H,8-13H2,1-3H3,(H,19,20). The lowest BCUT2D eigenvalue weighted by molar-refractivity contribution is -0.128. The number of carbonyl (C=O) groups excluding carboxylic acids is 1. The normalized spacial score (nSPS) is 15.4. The fourth-order valence-corrected chi connectivity index (χ4v) is 2.96. The van der Waals surface area contributed by atoms with Gasteiger partial charge in [-0.05, 0) is 12.1 Å². The molecule has 0 aliphatic carbocycles. The molecule has 0 radical (unpaired) electrons. The first-order chi connectivity index (χ1) is 11.5. The molecule has 132 valence electrons. The van der Waals surface area contributed by atoms with Gasteiger partial charge >= 0.3 is 0 Å². The summed E-state index contributed by atoms with van der Waals surface area (Å²) in [5, 5.41) is 4.06. The van der Waals surface area contributed by atoms with Crippen LogP contribution in [0.2, 0.25) is 5.02 Å². The van der Waals surface area contributed by atoms with Crippen LogP contribution in [-0.2, 0) is 4.79 Å². The summed E-state index contributed by atoms with van der Waals surface area (Å²) >= 11 is 6.28. The number of rotatable bonds is 4. The Bertz CT molecular complexity index is 582. The van der Waals surface area contributed by atoms with E-state index in [0.717, 1.165) is 42.8 Å². The van der Waals surface area contributed by atoms with Gasteiger partial charge in [0, 0.05) is 60.3 Å². The topological polar surface area (TPSA) is 51.2 Å². The monoisotopic (exact) mass is 351 g/mol.